The van der Waals surface area contributed by atoms with Gasteiger partial charge in [0.25, 0.3) is 10.1 Å². The van der Waals surface area contributed by atoms with E-state index < -0.39 is 10.1 Å². The number of aryl methyl sites for hydroxylation is 2. The van der Waals surface area contributed by atoms with Gasteiger partial charge in [-0.3, -0.25) is 9.23 Å². The summed E-state index contributed by atoms with van der Waals surface area (Å²) in [6.07, 6.45) is 1.64. The van der Waals surface area contributed by atoms with E-state index in [1.165, 1.54) is 5.69 Å². The lowest BCUT2D eigenvalue weighted by Crippen LogP contribution is -2.33. The predicted octanol–water partition coefficient (Wildman–Crippen LogP) is 2.49. The number of benzene rings is 1. The highest BCUT2D eigenvalue weighted by Crippen LogP contribution is 2.19. The van der Waals surface area contributed by atoms with Crippen LogP contribution in [0.4, 0.5) is 0 Å². The maximum atomic E-state index is 9.19. The Morgan fingerprint density at radius 2 is 1.78 bits per heavy atom. The molecule has 128 valence electrons. The summed E-state index contributed by atoms with van der Waals surface area (Å²) in [5.74, 6) is 0. The minimum absolute atomic E-state index is 0.148. The molecule has 0 bridgehead atoms. The minimum atomic E-state index is -3.67. The average Bonchev–Trinajstić information content (AvgIpc) is 2.76. The molecule has 0 aliphatic rings. The van der Waals surface area contributed by atoms with Gasteiger partial charge in [-0.15, -0.1) is 0 Å². The summed E-state index contributed by atoms with van der Waals surface area (Å²) < 4.78 is 27.9. The fraction of sp³-hybridized carbons (Fsp3) is 0.438. The maximum absolute atomic E-state index is 9.19. The number of rotatable bonds is 4. The van der Waals surface area contributed by atoms with E-state index in [1.54, 1.807) is 0 Å². The first-order valence-corrected chi connectivity index (χ1v) is 9.12. The van der Waals surface area contributed by atoms with Crippen LogP contribution in [0.1, 0.15) is 26.0 Å². The maximum Gasteiger partial charge on any atom is 0.261 e. The summed E-state index contributed by atoms with van der Waals surface area (Å²) in [6, 6.07) is 12.4. The third-order valence-corrected chi connectivity index (χ3v) is 3.02. The van der Waals surface area contributed by atoms with E-state index in [1.807, 2.05) is 36.7 Å². The molecule has 2 aromatic rings. The number of nitrogens with two attached hydrogens (primary N) is 1. The van der Waals surface area contributed by atoms with Gasteiger partial charge in [0.15, 0.2) is 0 Å². The van der Waals surface area contributed by atoms with Gasteiger partial charge in [0.1, 0.15) is 0 Å². The highest BCUT2D eigenvalue weighted by molar-refractivity contribution is 7.85. The lowest BCUT2D eigenvalue weighted by atomic mass is 10.0. The summed E-state index contributed by atoms with van der Waals surface area (Å²) in [4.78, 5) is 0. The number of aromatic nitrogens is 2. The Morgan fingerprint density at radius 3 is 2.26 bits per heavy atom. The third kappa shape index (κ3) is 8.49. The zero-order valence-electron chi connectivity index (χ0n) is 14.0. The van der Waals surface area contributed by atoms with Crippen LogP contribution in [0.2, 0.25) is 0 Å². The van der Waals surface area contributed by atoms with Gasteiger partial charge < -0.3 is 5.73 Å². The second kappa shape index (κ2) is 7.72. The fourth-order valence-corrected chi connectivity index (χ4v) is 1.88. The van der Waals surface area contributed by atoms with Crippen molar-refractivity contribution in [3.05, 3.63) is 42.1 Å². The van der Waals surface area contributed by atoms with E-state index in [9.17, 15) is 8.42 Å². The smallest absolute Gasteiger partial charge is 0.261 e. The number of nitrogens with zero attached hydrogens (tertiary/aromatic N) is 2. The van der Waals surface area contributed by atoms with E-state index >= 15 is 0 Å². The predicted molar refractivity (Wildman–Crippen MR) is 92.8 cm³/mol. The van der Waals surface area contributed by atoms with Gasteiger partial charge in [0.05, 0.1) is 11.9 Å². The molecule has 6 nitrogen and oxygen atoms in total. The van der Waals surface area contributed by atoms with Crippen molar-refractivity contribution in [3.8, 4) is 11.3 Å². The molecule has 1 heterocycles. The van der Waals surface area contributed by atoms with Crippen molar-refractivity contribution in [1.82, 2.24) is 9.78 Å². The van der Waals surface area contributed by atoms with E-state index in [-0.39, 0.29) is 5.54 Å². The summed E-state index contributed by atoms with van der Waals surface area (Å²) >= 11 is 0. The second-order valence-electron chi connectivity index (χ2n) is 6.23. The van der Waals surface area contributed by atoms with Crippen molar-refractivity contribution >= 4 is 10.1 Å². The minimum Gasteiger partial charge on any atom is -0.325 e. The van der Waals surface area contributed by atoms with Crippen LogP contribution in [-0.2, 0) is 16.7 Å². The van der Waals surface area contributed by atoms with Gasteiger partial charge >= 0.3 is 0 Å². The van der Waals surface area contributed by atoms with Crippen molar-refractivity contribution in [2.24, 2.45) is 5.73 Å². The lowest BCUT2D eigenvalue weighted by molar-refractivity contribution is 0.417. The Bertz CT molecular complexity index is 709. The van der Waals surface area contributed by atoms with E-state index in [2.05, 4.69) is 30.2 Å². The first-order chi connectivity index (χ1) is 10.5. The van der Waals surface area contributed by atoms with Crippen molar-refractivity contribution < 1.29 is 13.0 Å². The lowest BCUT2D eigenvalue weighted by Gasteiger charge is -2.18. The third-order valence-electron chi connectivity index (χ3n) is 3.02. The Kier molecular flexibility index (Phi) is 6.49. The van der Waals surface area contributed by atoms with Crippen LogP contribution in [0.5, 0.6) is 0 Å². The summed E-state index contributed by atoms with van der Waals surface area (Å²) in [5, 5.41) is 4.64. The molecule has 23 heavy (non-hydrogen) atoms. The first kappa shape index (κ1) is 19.3. The van der Waals surface area contributed by atoms with Crippen molar-refractivity contribution in [2.75, 3.05) is 6.26 Å². The normalized spacial score (nSPS) is 11.7. The highest BCUT2D eigenvalue weighted by Gasteiger charge is 2.12. The van der Waals surface area contributed by atoms with Gasteiger partial charge in [-0.25, -0.2) is 0 Å². The molecule has 0 saturated carbocycles. The SMILES string of the molecule is CS(=O)(=O)O.Cc1cc(-c2ccccc2)nn1CCC(C)(C)N. The van der Waals surface area contributed by atoms with Crippen molar-refractivity contribution in [1.29, 1.82) is 0 Å². The van der Waals surface area contributed by atoms with Crippen molar-refractivity contribution in [3.63, 3.8) is 0 Å². The van der Waals surface area contributed by atoms with Gasteiger partial charge in [-0.05, 0) is 33.3 Å². The molecule has 0 unspecified atom stereocenters. The summed E-state index contributed by atoms with van der Waals surface area (Å²) in [5.41, 5.74) is 9.23. The average molecular weight is 339 g/mol. The molecule has 1 aromatic carbocycles. The molecule has 7 heteroatoms. The van der Waals surface area contributed by atoms with Crippen LogP contribution < -0.4 is 5.73 Å². The van der Waals surface area contributed by atoms with Crippen LogP contribution in [0.15, 0.2) is 36.4 Å². The molecular weight excluding hydrogens is 314 g/mol. The van der Waals surface area contributed by atoms with Gasteiger partial charge in [0, 0.05) is 23.3 Å². The molecule has 0 amide bonds. The zero-order valence-corrected chi connectivity index (χ0v) is 14.8. The molecule has 0 aliphatic carbocycles. The molecule has 0 spiro atoms. The standard InChI is InChI=1S/C15H21N3.CH4O3S/c1-12-11-14(13-7-5-4-6-8-13)17-18(12)10-9-15(2,3)16;1-5(2,3)4/h4-8,11H,9-10,16H2,1-3H3;1H3,(H,2,3,4). The molecule has 0 atom stereocenters. The van der Waals surface area contributed by atoms with Crippen molar-refractivity contribution in [2.45, 2.75) is 39.3 Å². The zero-order chi connectivity index (χ0) is 17.7. The Morgan fingerprint density at radius 1 is 1.26 bits per heavy atom. The van der Waals surface area contributed by atoms with Gasteiger partial charge in [0.2, 0.25) is 0 Å². The first-order valence-electron chi connectivity index (χ1n) is 7.27. The van der Waals surface area contributed by atoms with E-state index in [0.717, 1.165) is 24.2 Å². The second-order valence-corrected chi connectivity index (χ2v) is 7.70. The Hall–Kier alpha value is -1.70. The fourth-order valence-electron chi connectivity index (χ4n) is 1.88. The molecule has 0 saturated heterocycles. The van der Waals surface area contributed by atoms with Gasteiger partial charge in [-0.2, -0.15) is 13.5 Å². The largest absolute Gasteiger partial charge is 0.325 e. The molecule has 3 N–H and O–H groups in total. The van der Waals surface area contributed by atoms with Crippen LogP contribution in [0.25, 0.3) is 11.3 Å². The topological polar surface area (TPSA) is 98.2 Å². The monoisotopic (exact) mass is 339 g/mol. The van der Waals surface area contributed by atoms with E-state index in [0.29, 0.717) is 6.26 Å². The molecule has 0 fully saturated rings. The highest BCUT2D eigenvalue weighted by atomic mass is 32.2. The molecular formula is C16H25N3O3S. The van der Waals surface area contributed by atoms with Gasteiger partial charge in [-0.1, -0.05) is 30.3 Å². The Labute approximate surface area is 138 Å². The quantitative estimate of drug-likeness (QED) is 0.834. The number of hydrogen-bond donors (Lipinski definition) is 2. The van der Waals surface area contributed by atoms with Crippen LogP contribution >= 0.6 is 0 Å². The molecule has 0 radical (unpaired) electrons. The van der Waals surface area contributed by atoms with E-state index in [4.69, 9.17) is 10.3 Å². The summed E-state index contributed by atoms with van der Waals surface area (Å²) in [6.45, 7) is 7.04. The molecule has 1 aromatic heterocycles. The van der Waals surface area contributed by atoms with Crippen LogP contribution in [0, 0.1) is 6.92 Å². The van der Waals surface area contributed by atoms with Crippen LogP contribution in [0.3, 0.4) is 0 Å². The summed E-state index contributed by atoms with van der Waals surface area (Å²) in [7, 11) is -3.67. The molecule has 0 aliphatic heterocycles. The van der Waals surface area contributed by atoms with Crippen LogP contribution in [-0.4, -0.2) is 34.5 Å². The molecule has 2 rings (SSSR count). The Balaban J connectivity index is 0.000000463. The number of hydrogen-bond acceptors (Lipinski definition) is 4.